The lowest BCUT2D eigenvalue weighted by Crippen LogP contribution is -2.68. The van der Waals surface area contributed by atoms with Gasteiger partial charge in [-0.05, 0) is 145 Å². The van der Waals surface area contributed by atoms with Gasteiger partial charge in [-0.3, -0.25) is 0 Å². The molecule has 0 aliphatic carbocycles. The Morgan fingerprint density at radius 2 is 0.712 bits per heavy atom. The lowest BCUT2D eigenvalue weighted by molar-refractivity contribution is 0.590. The molecule has 0 unspecified atom stereocenters. The van der Waals surface area contributed by atoms with Gasteiger partial charge in [0.2, 0.25) is 0 Å². The van der Waals surface area contributed by atoms with E-state index in [0.29, 0.717) is 0 Å². The lowest BCUT2D eigenvalue weighted by Gasteiger charge is -2.52. The monoisotopic (exact) mass is 939 g/mol. The minimum Gasteiger partial charge on any atom is -0.311 e. The summed E-state index contributed by atoms with van der Waals surface area (Å²) in [7, 11) is 0. The van der Waals surface area contributed by atoms with E-state index in [1.165, 1.54) is 83.6 Å². The van der Waals surface area contributed by atoms with Crippen LogP contribution in [0, 0.1) is 0 Å². The van der Waals surface area contributed by atoms with Crippen LogP contribution in [0.4, 0.5) is 51.2 Å². The van der Waals surface area contributed by atoms with Crippen molar-refractivity contribution in [2.45, 2.75) is 57.8 Å². The molecule has 4 heteroatoms. The maximum Gasteiger partial charge on any atom is 0.253 e. The average molecular weight is 940 g/mol. The van der Waals surface area contributed by atoms with Crippen molar-refractivity contribution in [2.24, 2.45) is 0 Å². The van der Waals surface area contributed by atoms with E-state index < -0.39 is 5.41 Å². The summed E-state index contributed by atoms with van der Waals surface area (Å²) in [4.78, 5) is 7.59. The van der Waals surface area contributed by atoms with E-state index in [4.69, 9.17) is 0 Å². The molecular weight excluding hydrogens is 882 g/mol. The van der Waals surface area contributed by atoms with Crippen molar-refractivity contribution < 1.29 is 0 Å². The third-order valence-corrected chi connectivity index (χ3v) is 15.8. The molecule has 0 spiro atoms. The summed E-state index contributed by atoms with van der Waals surface area (Å²) in [6, 6.07) is 91.2. The molecule has 73 heavy (non-hydrogen) atoms. The molecule has 0 radical (unpaired) electrons. The summed E-state index contributed by atoms with van der Waals surface area (Å²) in [5, 5.41) is 0. The first-order valence-electron chi connectivity index (χ1n) is 25.9. The van der Waals surface area contributed by atoms with Crippen molar-refractivity contribution in [1.82, 2.24) is 0 Å². The fourth-order valence-corrected chi connectivity index (χ4v) is 12.4. The maximum absolute atomic E-state index is 2.58. The highest BCUT2D eigenvalue weighted by Crippen LogP contribution is 2.54. The van der Waals surface area contributed by atoms with Gasteiger partial charge in [-0.15, -0.1) is 0 Å². The summed E-state index contributed by atoms with van der Waals surface area (Å²) in [6.07, 6.45) is 0. The second-order valence-electron chi connectivity index (χ2n) is 22.1. The van der Waals surface area contributed by atoms with Crippen LogP contribution < -0.4 is 31.1 Å². The van der Waals surface area contributed by atoms with Gasteiger partial charge in [0.1, 0.15) is 0 Å². The van der Waals surface area contributed by atoms with E-state index in [1.807, 2.05) is 0 Å². The molecule has 13 rings (SSSR count). The molecule has 3 heterocycles. The van der Waals surface area contributed by atoms with Crippen molar-refractivity contribution in [3.05, 3.63) is 276 Å². The number of hydrogen-bond donors (Lipinski definition) is 0. The Morgan fingerprint density at radius 3 is 1.12 bits per heavy atom. The number of nitrogens with zero attached hydrogens (tertiary/aromatic N) is 3. The highest BCUT2D eigenvalue weighted by Gasteiger charge is 2.55. The molecule has 3 aliphatic rings. The first-order chi connectivity index (χ1) is 35.5. The zero-order valence-electron chi connectivity index (χ0n) is 42.5. The van der Waals surface area contributed by atoms with Crippen LogP contribution in [0.2, 0.25) is 0 Å². The second kappa shape index (κ2) is 16.9. The van der Waals surface area contributed by atoms with E-state index in [1.54, 1.807) is 0 Å². The van der Waals surface area contributed by atoms with Crippen LogP contribution in [0.5, 0.6) is 0 Å². The second-order valence-corrected chi connectivity index (χ2v) is 22.1. The quantitative estimate of drug-likeness (QED) is 0.141. The van der Waals surface area contributed by atoms with Gasteiger partial charge < -0.3 is 14.7 Å². The fraction of sp³-hybridized carbons (Fsp3) is 0.130. The van der Waals surface area contributed by atoms with Crippen LogP contribution in [-0.4, -0.2) is 6.71 Å². The third kappa shape index (κ3) is 7.02. The first-order valence-corrected chi connectivity index (χ1v) is 25.9. The van der Waals surface area contributed by atoms with E-state index in [9.17, 15) is 0 Å². The van der Waals surface area contributed by atoms with Crippen LogP contribution in [-0.2, 0) is 16.2 Å². The normalized spacial score (nSPS) is 13.9. The Kier molecular flexibility index (Phi) is 10.3. The Morgan fingerprint density at radius 1 is 0.342 bits per heavy atom. The van der Waals surface area contributed by atoms with Gasteiger partial charge in [0.15, 0.2) is 0 Å². The minimum atomic E-state index is -0.626. The van der Waals surface area contributed by atoms with Crippen molar-refractivity contribution in [3.63, 3.8) is 0 Å². The molecule has 10 aromatic carbocycles. The molecule has 352 valence electrons. The van der Waals surface area contributed by atoms with Crippen LogP contribution in [0.15, 0.2) is 243 Å². The minimum absolute atomic E-state index is 0.000601. The zero-order chi connectivity index (χ0) is 49.6. The van der Waals surface area contributed by atoms with Gasteiger partial charge in [0.25, 0.3) is 6.71 Å². The molecule has 0 atom stereocenters. The molecule has 0 fully saturated rings. The third-order valence-electron chi connectivity index (χ3n) is 15.8. The molecule has 3 nitrogen and oxygen atoms in total. The van der Waals surface area contributed by atoms with Crippen LogP contribution >= 0.6 is 0 Å². The molecule has 0 saturated carbocycles. The molecule has 0 N–H and O–H groups in total. The molecule has 0 aromatic heterocycles. The van der Waals surface area contributed by atoms with Crippen molar-refractivity contribution in [1.29, 1.82) is 0 Å². The summed E-state index contributed by atoms with van der Waals surface area (Å²) in [6.45, 7) is 13.7. The summed E-state index contributed by atoms with van der Waals surface area (Å²) >= 11 is 0. The topological polar surface area (TPSA) is 9.72 Å². The van der Waals surface area contributed by atoms with Crippen LogP contribution in [0.3, 0.4) is 0 Å². The average Bonchev–Trinajstić information content (AvgIpc) is 3.43. The molecule has 0 bridgehead atoms. The standard InChI is InChI=1S/C69H58BN3/c1-67(2,3)49-37-33-47(34-38-49)48-35-41-55(42-36-48)72-60-31-19-29-58-64(60)70-65-59(69(58,51-21-11-7-12-22-51)52-23-13-8-14-24-52)30-20-32-61(65)73(56-43-39-50(40-44-56)68(4,5)6)63-46-57(45-62(72)66(63)70)71(53-25-15-9-16-26-53)54-27-17-10-18-28-54/h7-46H,1-6H3. The van der Waals surface area contributed by atoms with Gasteiger partial charge >= 0.3 is 0 Å². The Balaban J connectivity index is 1.15. The van der Waals surface area contributed by atoms with Crippen molar-refractivity contribution in [2.75, 3.05) is 14.7 Å². The van der Waals surface area contributed by atoms with Gasteiger partial charge in [0.05, 0.1) is 11.1 Å². The maximum atomic E-state index is 2.58. The molecule has 3 aliphatic heterocycles. The van der Waals surface area contributed by atoms with Crippen molar-refractivity contribution >= 4 is 74.3 Å². The van der Waals surface area contributed by atoms with Gasteiger partial charge in [0, 0.05) is 45.5 Å². The van der Waals surface area contributed by atoms with E-state index in [2.05, 4.69) is 299 Å². The molecule has 0 amide bonds. The van der Waals surface area contributed by atoms with Crippen molar-refractivity contribution in [3.8, 4) is 11.1 Å². The Labute approximate surface area is 431 Å². The molecule has 10 aromatic rings. The number of hydrogen-bond acceptors (Lipinski definition) is 3. The summed E-state index contributed by atoms with van der Waals surface area (Å²) in [5.74, 6) is 0. The van der Waals surface area contributed by atoms with E-state index in [0.717, 1.165) is 28.4 Å². The Hall–Kier alpha value is -8.34. The fourth-order valence-electron chi connectivity index (χ4n) is 12.4. The van der Waals surface area contributed by atoms with Crippen LogP contribution in [0.1, 0.15) is 74.9 Å². The summed E-state index contributed by atoms with van der Waals surface area (Å²) in [5.41, 5.74) is 23.9. The first kappa shape index (κ1) is 44.6. The van der Waals surface area contributed by atoms with E-state index in [-0.39, 0.29) is 17.5 Å². The number of anilines is 9. The predicted octanol–water partition coefficient (Wildman–Crippen LogP) is 16.2. The van der Waals surface area contributed by atoms with Crippen LogP contribution in [0.25, 0.3) is 11.1 Å². The SMILES string of the molecule is CC(C)(C)c1ccc(-c2ccc(N3c4cc(N(c5ccccc5)c5ccccc5)cc5c4B4c6c3cccc6C(c3ccccc3)(c3ccccc3)c3cccc(c34)N5c3ccc(C(C)(C)C)cc3)cc2)cc1. The molecule has 0 saturated heterocycles. The Bertz CT molecular complexity index is 3590. The highest BCUT2D eigenvalue weighted by molar-refractivity contribution is 7.01. The smallest absolute Gasteiger partial charge is 0.253 e. The van der Waals surface area contributed by atoms with Gasteiger partial charge in [-0.25, -0.2) is 0 Å². The zero-order valence-corrected chi connectivity index (χ0v) is 42.5. The van der Waals surface area contributed by atoms with E-state index >= 15 is 0 Å². The van der Waals surface area contributed by atoms with Gasteiger partial charge in [-0.2, -0.15) is 0 Å². The molecular formula is C69H58BN3. The number of para-hydroxylation sites is 2. The number of rotatable bonds is 8. The predicted molar refractivity (Wildman–Crippen MR) is 310 cm³/mol. The lowest BCUT2D eigenvalue weighted by atomic mass is 9.28. The van der Waals surface area contributed by atoms with Gasteiger partial charge in [-0.1, -0.05) is 211 Å². The highest BCUT2D eigenvalue weighted by atomic mass is 15.2. The number of benzene rings is 10. The summed E-state index contributed by atoms with van der Waals surface area (Å²) < 4.78 is 0. The largest absolute Gasteiger partial charge is 0.311 e.